The summed E-state index contributed by atoms with van der Waals surface area (Å²) in [6.45, 7) is 3.70. The molecule has 0 N–H and O–H groups in total. The monoisotopic (exact) mass is 464 g/mol. The maximum absolute atomic E-state index is 13.2. The largest absolute Gasteiger partial charge is 0.854 e. The summed E-state index contributed by atoms with van der Waals surface area (Å²) in [5, 5.41) is 18.4. The zero-order valence-electron chi connectivity index (χ0n) is 19.2. The van der Waals surface area contributed by atoms with Crippen molar-refractivity contribution in [2.24, 2.45) is 0 Å². The summed E-state index contributed by atoms with van der Waals surface area (Å²) >= 11 is 1.48. The van der Waals surface area contributed by atoms with Crippen molar-refractivity contribution in [2.45, 2.75) is 50.9 Å². The highest BCUT2D eigenvalue weighted by Crippen LogP contribution is 2.41. The molecule has 2 aromatic carbocycles. The van der Waals surface area contributed by atoms with E-state index < -0.39 is 6.17 Å². The predicted molar refractivity (Wildman–Crippen MR) is 126 cm³/mol. The van der Waals surface area contributed by atoms with E-state index in [1.54, 1.807) is 16.7 Å². The number of amides is 1. The first-order chi connectivity index (χ1) is 16.0. The Bertz CT molecular complexity index is 1150. The van der Waals surface area contributed by atoms with E-state index in [2.05, 4.69) is 11.9 Å². The molecular weight excluding hydrogens is 436 g/mol. The minimum atomic E-state index is -0.627. The quantitative estimate of drug-likeness (QED) is 0.284. The van der Waals surface area contributed by atoms with Crippen molar-refractivity contribution in [1.29, 1.82) is 0 Å². The van der Waals surface area contributed by atoms with Crippen molar-refractivity contribution in [1.82, 2.24) is 10.1 Å². The lowest BCUT2D eigenvalue weighted by atomic mass is 10.0. The zero-order chi connectivity index (χ0) is 23.4. The van der Waals surface area contributed by atoms with Gasteiger partial charge in [-0.3, -0.25) is 4.79 Å². The van der Waals surface area contributed by atoms with Gasteiger partial charge in [0.15, 0.2) is 0 Å². The molecule has 0 radical (unpaired) electrons. The number of nitrogens with zero attached hydrogens (tertiary/aromatic N) is 4. The molecule has 0 fully saturated rings. The number of aromatic nitrogens is 3. The Morgan fingerprint density at radius 1 is 1.18 bits per heavy atom. The molecule has 2 heterocycles. The first kappa shape index (κ1) is 23.0. The fourth-order valence-electron chi connectivity index (χ4n) is 4.13. The van der Waals surface area contributed by atoms with Gasteiger partial charge in [-0.15, -0.1) is 0 Å². The molecule has 1 unspecified atom stereocenters. The van der Waals surface area contributed by atoms with Gasteiger partial charge in [0.05, 0.1) is 24.2 Å². The van der Waals surface area contributed by atoms with E-state index in [4.69, 9.17) is 9.84 Å². The topological polar surface area (TPSA) is 82.3 Å². The summed E-state index contributed by atoms with van der Waals surface area (Å²) in [5.41, 5.74) is 2.49. The van der Waals surface area contributed by atoms with Crippen molar-refractivity contribution < 1.29 is 19.3 Å². The molecule has 1 aromatic heterocycles. The van der Waals surface area contributed by atoms with Gasteiger partial charge in [-0.25, -0.2) is 9.88 Å². The number of benzene rings is 2. The number of anilines is 1. The first-order valence-corrected chi connectivity index (χ1v) is 12.2. The van der Waals surface area contributed by atoms with E-state index in [0.717, 1.165) is 24.2 Å². The number of methoxy groups -OCH3 is 1. The third-order valence-electron chi connectivity index (χ3n) is 5.68. The number of para-hydroxylation sites is 1. The van der Waals surface area contributed by atoms with Crippen LogP contribution in [0.2, 0.25) is 0 Å². The number of fused-ring (bicyclic) bond motifs is 3. The van der Waals surface area contributed by atoms with Crippen LogP contribution in [0.1, 0.15) is 51.3 Å². The van der Waals surface area contributed by atoms with E-state index in [1.165, 1.54) is 31.5 Å². The number of carbonyl (C=O) groups excluding carboxylic acids is 1. The molecule has 1 amide bonds. The maximum Gasteiger partial charge on any atom is 0.293 e. The van der Waals surface area contributed by atoms with Gasteiger partial charge < -0.3 is 9.84 Å². The third-order valence-corrected chi connectivity index (χ3v) is 6.60. The van der Waals surface area contributed by atoms with Gasteiger partial charge in [0, 0.05) is 23.3 Å². The van der Waals surface area contributed by atoms with E-state index in [0.29, 0.717) is 27.9 Å². The summed E-state index contributed by atoms with van der Waals surface area (Å²) in [7, 11) is 1.60. The van der Waals surface area contributed by atoms with Gasteiger partial charge in [-0.05, 0) is 36.8 Å². The molecule has 0 aliphatic carbocycles. The number of thioether (sulfide) groups is 1. The fraction of sp³-hybridized carbons (Fsp3) is 0.360. The van der Waals surface area contributed by atoms with Gasteiger partial charge in [-0.2, -0.15) is 0 Å². The van der Waals surface area contributed by atoms with Crippen LogP contribution < -0.4 is 19.4 Å². The second kappa shape index (κ2) is 10.2. The fourth-order valence-corrected chi connectivity index (χ4v) is 4.95. The van der Waals surface area contributed by atoms with Crippen LogP contribution >= 0.6 is 11.8 Å². The smallest absolute Gasteiger partial charge is 0.293 e. The average Bonchev–Trinajstić information content (AvgIpc) is 2.82. The Labute approximate surface area is 198 Å². The highest BCUT2D eigenvalue weighted by Gasteiger charge is 2.43. The van der Waals surface area contributed by atoms with Gasteiger partial charge in [0.25, 0.3) is 17.0 Å². The summed E-state index contributed by atoms with van der Waals surface area (Å²) in [6, 6.07) is 14.9. The summed E-state index contributed by atoms with van der Waals surface area (Å²) in [5.74, 6) is 1.02. The van der Waals surface area contributed by atoms with Crippen molar-refractivity contribution in [3.8, 4) is 22.9 Å². The predicted octanol–water partition coefficient (Wildman–Crippen LogP) is 4.10. The molecule has 1 atom stereocenters. The Hall–Kier alpha value is -3.13. The van der Waals surface area contributed by atoms with E-state index >= 15 is 0 Å². The summed E-state index contributed by atoms with van der Waals surface area (Å²) in [6.07, 6.45) is 3.92. The Morgan fingerprint density at radius 3 is 2.76 bits per heavy atom. The van der Waals surface area contributed by atoms with Crippen molar-refractivity contribution in [3.63, 3.8) is 0 Å². The van der Waals surface area contributed by atoms with Crippen molar-refractivity contribution in [3.05, 3.63) is 54.1 Å². The molecule has 0 bridgehead atoms. The van der Waals surface area contributed by atoms with Gasteiger partial charge in [-0.1, -0.05) is 60.8 Å². The van der Waals surface area contributed by atoms with Crippen LogP contribution in [0.4, 0.5) is 5.69 Å². The normalized spacial score (nSPS) is 14.5. The molecule has 172 valence electrons. The van der Waals surface area contributed by atoms with Crippen molar-refractivity contribution >= 4 is 23.4 Å². The molecule has 8 heteroatoms. The molecule has 3 aromatic rings. The van der Waals surface area contributed by atoms with E-state index in [-0.39, 0.29) is 11.8 Å². The van der Waals surface area contributed by atoms with Crippen LogP contribution in [0.3, 0.4) is 0 Å². The number of hydrogen-bond donors (Lipinski definition) is 0. The number of carbonyl (C=O) groups is 1. The standard InChI is InChI=1S/C25H28N4O3S/c1-4-5-6-9-15-33-25-26-23(31)22-20-13-7-8-14-21(20)28(17(2)30)24(29(22)27-25)18-11-10-12-19(16-18)32-3/h7-8,10-14,16,24H,4-6,9,15H2,1-3H3. The van der Waals surface area contributed by atoms with Crippen LogP contribution in [0.5, 0.6) is 11.6 Å². The molecular formula is C25H28N4O3S. The summed E-state index contributed by atoms with van der Waals surface area (Å²) in [4.78, 5) is 18.9. The van der Waals surface area contributed by atoms with Gasteiger partial charge in [0.2, 0.25) is 5.91 Å². The minimum absolute atomic E-state index is 0.145. The molecule has 7 nitrogen and oxygen atoms in total. The lowest BCUT2D eigenvalue weighted by Gasteiger charge is -2.32. The first-order valence-electron chi connectivity index (χ1n) is 11.2. The van der Waals surface area contributed by atoms with Crippen LogP contribution in [0, 0.1) is 0 Å². The lowest BCUT2D eigenvalue weighted by Crippen LogP contribution is -2.58. The number of unbranched alkanes of at least 4 members (excludes halogenated alkanes) is 3. The average molecular weight is 465 g/mol. The molecule has 4 rings (SSSR count). The minimum Gasteiger partial charge on any atom is -0.854 e. The lowest BCUT2D eigenvalue weighted by molar-refractivity contribution is -0.764. The molecule has 1 aliphatic heterocycles. The molecule has 0 spiro atoms. The van der Waals surface area contributed by atoms with E-state index in [1.807, 2.05) is 48.5 Å². The highest BCUT2D eigenvalue weighted by atomic mass is 32.2. The van der Waals surface area contributed by atoms with Crippen LogP contribution in [-0.2, 0) is 4.79 Å². The van der Waals surface area contributed by atoms with Gasteiger partial charge in [0.1, 0.15) is 5.75 Å². The van der Waals surface area contributed by atoms with Gasteiger partial charge >= 0.3 is 0 Å². The Morgan fingerprint density at radius 2 is 2.00 bits per heavy atom. The van der Waals surface area contributed by atoms with Crippen LogP contribution in [-0.4, -0.2) is 28.9 Å². The number of rotatable bonds is 8. The van der Waals surface area contributed by atoms with E-state index in [9.17, 15) is 9.90 Å². The number of ether oxygens (including phenoxy) is 1. The highest BCUT2D eigenvalue weighted by molar-refractivity contribution is 7.99. The van der Waals surface area contributed by atoms with Crippen LogP contribution in [0.15, 0.2) is 53.7 Å². The second-order valence-electron chi connectivity index (χ2n) is 7.96. The van der Waals surface area contributed by atoms with Crippen molar-refractivity contribution in [2.75, 3.05) is 17.8 Å². The maximum atomic E-state index is 13.2. The molecule has 0 saturated carbocycles. The molecule has 0 saturated heterocycles. The third kappa shape index (κ3) is 4.66. The number of hydrogen-bond acceptors (Lipinski definition) is 6. The summed E-state index contributed by atoms with van der Waals surface area (Å²) < 4.78 is 7.08. The van der Waals surface area contributed by atoms with Crippen LogP contribution in [0.25, 0.3) is 11.3 Å². The SMILES string of the molecule is CCCCCCSc1nc([O-])c2[n+](n1)C(c1cccc(OC)c1)N(C(C)=O)c1ccccc1-2. The molecule has 33 heavy (non-hydrogen) atoms. The molecule has 1 aliphatic rings. The Balaban J connectivity index is 1.85. The zero-order valence-corrected chi connectivity index (χ0v) is 20.0. The second-order valence-corrected chi connectivity index (χ2v) is 9.02. The Kier molecular flexibility index (Phi) is 7.13.